The van der Waals surface area contributed by atoms with Gasteiger partial charge < -0.3 is 4.42 Å². The van der Waals surface area contributed by atoms with Crippen LogP contribution in [0, 0.1) is 5.92 Å². The highest BCUT2D eigenvalue weighted by Crippen LogP contribution is 2.33. The Balaban J connectivity index is 1.84. The molecule has 1 aromatic rings. The number of furan rings is 1. The molecular weight excluding hydrogens is 148 g/mol. The molecule has 1 heteroatoms. The molecule has 1 heterocycles. The standard InChI is InChI=1S/C11H16O/c1-2-11-7-10(8-12-11)6-5-9-3-4-9/h7-9H,2-6H2,1H3. The summed E-state index contributed by atoms with van der Waals surface area (Å²) >= 11 is 0. The second-order valence-corrected chi connectivity index (χ2v) is 3.76. The Bertz CT molecular complexity index is 245. The molecule has 0 amide bonds. The first-order valence-electron chi connectivity index (χ1n) is 4.94. The molecule has 0 atom stereocenters. The lowest BCUT2D eigenvalue weighted by atomic mass is 10.1. The monoisotopic (exact) mass is 164 g/mol. The van der Waals surface area contributed by atoms with Gasteiger partial charge >= 0.3 is 0 Å². The first-order chi connectivity index (χ1) is 5.88. The van der Waals surface area contributed by atoms with Crippen molar-refractivity contribution in [2.45, 2.75) is 39.0 Å². The minimum absolute atomic E-state index is 1.02. The third-order valence-corrected chi connectivity index (χ3v) is 2.59. The zero-order valence-electron chi connectivity index (χ0n) is 7.68. The minimum Gasteiger partial charge on any atom is -0.469 e. The third kappa shape index (κ3) is 1.90. The number of hydrogen-bond donors (Lipinski definition) is 0. The van der Waals surface area contributed by atoms with Crippen LogP contribution < -0.4 is 0 Å². The molecule has 1 aliphatic carbocycles. The lowest BCUT2D eigenvalue weighted by Gasteiger charge is -1.92. The average Bonchev–Trinajstić information content (AvgIpc) is 2.81. The van der Waals surface area contributed by atoms with E-state index >= 15 is 0 Å². The van der Waals surface area contributed by atoms with Crippen LogP contribution in [0.15, 0.2) is 16.7 Å². The van der Waals surface area contributed by atoms with E-state index in [4.69, 9.17) is 4.42 Å². The van der Waals surface area contributed by atoms with Gasteiger partial charge in [-0.15, -0.1) is 0 Å². The molecule has 0 aliphatic heterocycles. The molecule has 0 aromatic carbocycles. The molecule has 1 aliphatic rings. The van der Waals surface area contributed by atoms with Crippen LogP contribution in [0.5, 0.6) is 0 Å². The maximum absolute atomic E-state index is 5.37. The van der Waals surface area contributed by atoms with Crippen LogP contribution in [0.3, 0.4) is 0 Å². The fourth-order valence-corrected chi connectivity index (χ4v) is 1.52. The van der Waals surface area contributed by atoms with E-state index in [0.717, 1.165) is 18.1 Å². The molecular formula is C11H16O. The summed E-state index contributed by atoms with van der Waals surface area (Å²) in [5.74, 6) is 2.16. The van der Waals surface area contributed by atoms with Gasteiger partial charge in [-0.1, -0.05) is 19.8 Å². The summed E-state index contributed by atoms with van der Waals surface area (Å²) < 4.78 is 5.37. The van der Waals surface area contributed by atoms with Gasteiger partial charge in [0.15, 0.2) is 0 Å². The largest absolute Gasteiger partial charge is 0.469 e. The van der Waals surface area contributed by atoms with Crippen LogP contribution >= 0.6 is 0 Å². The smallest absolute Gasteiger partial charge is 0.103 e. The quantitative estimate of drug-likeness (QED) is 0.666. The van der Waals surface area contributed by atoms with Gasteiger partial charge in [-0.3, -0.25) is 0 Å². The Kier molecular flexibility index (Phi) is 2.20. The van der Waals surface area contributed by atoms with Gasteiger partial charge in [-0.25, -0.2) is 0 Å². The van der Waals surface area contributed by atoms with Crippen LogP contribution in [0.4, 0.5) is 0 Å². The summed E-state index contributed by atoms with van der Waals surface area (Å²) in [6.07, 6.45) is 8.43. The summed E-state index contributed by atoms with van der Waals surface area (Å²) in [5.41, 5.74) is 1.39. The van der Waals surface area contributed by atoms with E-state index in [9.17, 15) is 0 Å². The topological polar surface area (TPSA) is 13.1 Å². The van der Waals surface area contributed by atoms with Crippen LogP contribution in [-0.4, -0.2) is 0 Å². The van der Waals surface area contributed by atoms with E-state index < -0.39 is 0 Å². The Hall–Kier alpha value is -0.720. The Morgan fingerprint density at radius 2 is 2.33 bits per heavy atom. The Morgan fingerprint density at radius 3 is 2.92 bits per heavy atom. The molecule has 0 unspecified atom stereocenters. The zero-order valence-corrected chi connectivity index (χ0v) is 7.68. The lowest BCUT2D eigenvalue weighted by Crippen LogP contribution is -1.82. The summed E-state index contributed by atoms with van der Waals surface area (Å²) in [6, 6.07) is 2.20. The van der Waals surface area contributed by atoms with Gasteiger partial charge in [0, 0.05) is 6.42 Å². The van der Waals surface area contributed by atoms with E-state index in [0.29, 0.717) is 0 Å². The third-order valence-electron chi connectivity index (χ3n) is 2.59. The van der Waals surface area contributed by atoms with Crippen molar-refractivity contribution in [3.05, 3.63) is 23.7 Å². The van der Waals surface area contributed by atoms with E-state index in [-0.39, 0.29) is 0 Å². The summed E-state index contributed by atoms with van der Waals surface area (Å²) in [6.45, 7) is 2.13. The van der Waals surface area contributed by atoms with Crippen molar-refractivity contribution in [3.8, 4) is 0 Å². The van der Waals surface area contributed by atoms with Crippen LogP contribution in [0.25, 0.3) is 0 Å². The molecule has 0 bridgehead atoms. The fraction of sp³-hybridized carbons (Fsp3) is 0.636. The average molecular weight is 164 g/mol. The van der Waals surface area contributed by atoms with Gasteiger partial charge in [-0.05, 0) is 30.4 Å². The van der Waals surface area contributed by atoms with Gasteiger partial charge in [0.1, 0.15) is 5.76 Å². The second kappa shape index (κ2) is 3.34. The van der Waals surface area contributed by atoms with Crippen LogP contribution in [0.2, 0.25) is 0 Å². The summed E-state index contributed by atoms with van der Waals surface area (Å²) in [5, 5.41) is 0. The number of rotatable bonds is 4. The zero-order chi connectivity index (χ0) is 8.39. The molecule has 12 heavy (non-hydrogen) atoms. The Morgan fingerprint density at radius 1 is 1.50 bits per heavy atom. The molecule has 0 saturated heterocycles. The van der Waals surface area contributed by atoms with Crippen molar-refractivity contribution in [1.29, 1.82) is 0 Å². The lowest BCUT2D eigenvalue weighted by molar-refractivity contribution is 0.513. The highest BCUT2D eigenvalue weighted by atomic mass is 16.3. The first kappa shape index (κ1) is 7.90. The van der Waals surface area contributed by atoms with E-state index in [1.54, 1.807) is 0 Å². The van der Waals surface area contributed by atoms with Gasteiger partial charge in [0.05, 0.1) is 6.26 Å². The molecule has 1 saturated carbocycles. The normalized spacial score (nSPS) is 16.8. The predicted molar refractivity (Wildman–Crippen MR) is 49.1 cm³/mol. The maximum atomic E-state index is 5.37. The molecule has 1 fully saturated rings. The fourth-order valence-electron chi connectivity index (χ4n) is 1.52. The van der Waals surface area contributed by atoms with E-state index in [2.05, 4.69) is 13.0 Å². The molecule has 66 valence electrons. The number of aryl methyl sites for hydroxylation is 2. The minimum atomic E-state index is 1.02. The summed E-state index contributed by atoms with van der Waals surface area (Å²) in [4.78, 5) is 0. The van der Waals surface area contributed by atoms with E-state index in [1.807, 2.05) is 6.26 Å². The van der Waals surface area contributed by atoms with Crippen molar-refractivity contribution in [2.75, 3.05) is 0 Å². The van der Waals surface area contributed by atoms with Gasteiger partial charge in [0.2, 0.25) is 0 Å². The molecule has 1 aromatic heterocycles. The molecule has 0 radical (unpaired) electrons. The molecule has 2 rings (SSSR count). The van der Waals surface area contributed by atoms with Crippen molar-refractivity contribution >= 4 is 0 Å². The highest BCUT2D eigenvalue weighted by molar-refractivity contribution is 5.13. The van der Waals surface area contributed by atoms with Crippen molar-refractivity contribution in [1.82, 2.24) is 0 Å². The van der Waals surface area contributed by atoms with Crippen molar-refractivity contribution in [3.63, 3.8) is 0 Å². The van der Waals surface area contributed by atoms with Crippen LogP contribution in [-0.2, 0) is 12.8 Å². The molecule has 0 N–H and O–H groups in total. The molecule has 0 spiro atoms. The molecule has 1 nitrogen and oxygen atoms in total. The highest BCUT2D eigenvalue weighted by Gasteiger charge is 2.20. The van der Waals surface area contributed by atoms with Gasteiger partial charge in [0.25, 0.3) is 0 Å². The van der Waals surface area contributed by atoms with Crippen molar-refractivity contribution in [2.24, 2.45) is 5.92 Å². The Labute approximate surface area is 73.8 Å². The summed E-state index contributed by atoms with van der Waals surface area (Å²) in [7, 11) is 0. The van der Waals surface area contributed by atoms with Crippen molar-refractivity contribution < 1.29 is 4.42 Å². The number of hydrogen-bond acceptors (Lipinski definition) is 1. The second-order valence-electron chi connectivity index (χ2n) is 3.76. The predicted octanol–water partition coefficient (Wildman–Crippen LogP) is 3.18. The maximum Gasteiger partial charge on any atom is 0.103 e. The first-order valence-corrected chi connectivity index (χ1v) is 4.94. The van der Waals surface area contributed by atoms with E-state index in [1.165, 1.54) is 31.2 Å². The van der Waals surface area contributed by atoms with Crippen LogP contribution in [0.1, 0.15) is 37.5 Å². The van der Waals surface area contributed by atoms with Gasteiger partial charge in [-0.2, -0.15) is 0 Å². The SMILES string of the molecule is CCc1cc(CCC2CC2)co1.